The second kappa shape index (κ2) is 3.82. The number of anilines is 1. The molecule has 5 heteroatoms. The lowest BCUT2D eigenvalue weighted by molar-refractivity contribution is -0.117. The molecule has 1 saturated heterocycles. The summed E-state index contributed by atoms with van der Waals surface area (Å²) in [4.78, 5) is 17.1. The lowest BCUT2D eigenvalue weighted by atomic mass is 10.3. The van der Waals surface area contributed by atoms with E-state index in [-0.39, 0.29) is 12.3 Å². The Hall–Kier alpha value is -0.690. The molecule has 0 radical (unpaired) electrons. The van der Waals surface area contributed by atoms with Gasteiger partial charge in [0.05, 0.1) is 24.8 Å². The normalized spacial score (nSPS) is 21.7. The third kappa shape index (κ3) is 1.74. The largest absolute Gasteiger partial charge is 0.391 e. The predicted molar refractivity (Wildman–Crippen MR) is 59.9 cm³/mol. The van der Waals surface area contributed by atoms with Gasteiger partial charge in [-0.05, 0) is 34.7 Å². The fourth-order valence-corrected chi connectivity index (χ4v) is 2.13. The van der Waals surface area contributed by atoms with Gasteiger partial charge in [-0.15, -0.1) is 0 Å². The Labute approximate surface area is 95.1 Å². The van der Waals surface area contributed by atoms with Gasteiger partial charge in [-0.3, -0.25) is 4.79 Å². The van der Waals surface area contributed by atoms with Crippen LogP contribution >= 0.6 is 22.6 Å². The smallest absolute Gasteiger partial charge is 0.229 e. The highest BCUT2D eigenvalue weighted by Crippen LogP contribution is 2.24. The van der Waals surface area contributed by atoms with E-state index in [4.69, 9.17) is 0 Å². The van der Waals surface area contributed by atoms with Crippen LogP contribution in [-0.2, 0) is 4.79 Å². The molecular formula is C9H9IN2O2. The molecule has 1 fully saturated rings. The van der Waals surface area contributed by atoms with E-state index in [9.17, 15) is 9.90 Å². The predicted octanol–water partition coefficient (Wildman–Crippen LogP) is 0.784. The second-order valence-electron chi connectivity index (χ2n) is 3.18. The van der Waals surface area contributed by atoms with Crippen molar-refractivity contribution in [2.45, 2.75) is 12.5 Å². The van der Waals surface area contributed by atoms with E-state index in [1.54, 1.807) is 17.2 Å². The minimum absolute atomic E-state index is 0.0385. The third-order valence-corrected chi connectivity index (χ3v) is 2.97. The van der Waals surface area contributed by atoms with Crippen molar-refractivity contribution in [3.8, 4) is 0 Å². The molecule has 0 aromatic carbocycles. The maximum Gasteiger partial charge on any atom is 0.229 e. The molecule has 1 aliphatic heterocycles. The number of aromatic nitrogens is 1. The first kappa shape index (κ1) is 9.85. The number of rotatable bonds is 1. The Morgan fingerprint density at radius 1 is 1.64 bits per heavy atom. The zero-order valence-electron chi connectivity index (χ0n) is 7.35. The molecule has 4 nitrogen and oxygen atoms in total. The molecule has 1 aromatic heterocycles. The molecule has 0 saturated carbocycles. The van der Waals surface area contributed by atoms with Crippen molar-refractivity contribution in [2.24, 2.45) is 0 Å². The Balaban J connectivity index is 2.32. The van der Waals surface area contributed by atoms with Crippen LogP contribution in [0, 0.1) is 3.70 Å². The highest BCUT2D eigenvalue weighted by Gasteiger charge is 2.30. The highest BCUT2D eigenvalue weighted by atomic mass is 127. The summed E-state index contributed by atoms with van der Waals surface area (Å²) in [6, 6.07) is 3.63. The van der Waals surface area contributed by atoms with Crippen molar-refractivity contribution < 1.29 is 9.90 Å². The summed E-state index contributed by atoms with van der Waals surface area (Å²) in [6.45, 7) is 0.376. The standard InChI is InChI=1S/C9H9IN2O2/c10-9-7(2-1-3-11-9)12-5-6(13)4-8(12)14/h1-3,6,13H,4-5H2. The molecule has 14 heavy (non-hydrogen) atoms. The summed E-state index contributed by atoms with van der Waals surface area (Å²) in [6.07, 6.45) is 1.35. The first-order chi connectivity index (χ1) is 6.68. The Kier molecular flexibility index (Phi) is 2.69. The molecule has 0 bridgehead atoms. The molecular weight excluding hydrogens is 295 g/mol. The van der Waals surface area contributed by atoms with Crippen LogP contribution < -0.4 is 4.90 Å². The maximum atomic E-state index is 11.5. The molecule has 1 amide bonds. The Bertz CT molecular complexity index is 370. The van der Waals surface area contributed by atoms with Crippen LogP contribution in [0.2, 0.25) is 0 Å². The number of carbonyl (C=O) groups is 1. The number of amides is 1. The lowest BCUT2D eigenvalue weighted by Gasteiger charge is -2.16. The first-order valence-electron chi connectivity index (χ1n) is 4.27. The van der Waals surface area contributed by atoms with Gasteiger partial charge in [0.25, 0.3) is 0 Å². The number of halogens is 1. The summed E-state index contributed by atoms with van der Waals surface area (Å²) in [7, 11) is 0. The fraction of sp³-hybridized carbons (Fsp3) is 0.333. The quantitative estimate of drug-likeness (QED) is 0.616. The van der Waals surface area contributed by atoms with Gasteiger partial charge in [0.15, 0.2) is 0 Å². The van der Waals surface area contributed by atoms with Gasteiger partial charge in [-0.1, -0.05) is 0 Å². The van der Waals surface area contributed by atoms with Crippen LogP contribution in [0.5, 0.6) is 0 Å². The van der Waals surface area contributed by atoms with Crippen molar-refractivity contribution in [1.82, 2.24) is 4.98 Å². The van der Waals surface area contributed by atoms with Gasteiger partial charge >= 0.3 is 0 Å². The zero-order valence-corrected chi connectivity index (χ0v) is 9.51. The first-order valence-corrected chi connectivity index (χ1v) is 5.35. The number of aliphatic hydroxyl groups excluding tert-OH is 1. The van der Waals surface area contributed by atoms with E-state index in [1.807, 2.05) is 6.07 Å². The molecule has 0 spiro atoms. The fourth-order valence-electron chi connectivity index (χ4n) is 1.50. The number of nitrogens with zero attached hydrogens (tertiary/aromatic N) is 2. The van der Waals surface area contributed by atoms with E-state index >= 15 is 0 Å². The minimum Gasteiger partial charge on any atom is -0.391 e. The van der Waals surface area contributed by atoms with Crippen molar-refractivity contribution in [1.29, 1.82) is 0 Å². The number of pyridine rings is 1. The van der Waals surface area contributed by atoms with Gasteiger partial charge in [0.1, 0.15) is 3.70 Å². The van der Waals surface area contributed by atoms with Crippen LogP contribution in [0.4, 0.5) is 5.69 Å². The lowest BCUT2D eigenvalue weighted by Crippen LogP contribution is -2.26. The number of carbonyl (C=O) groups excluding carboxylic acids is 1. The van der Waals surface area contributed by atoms with E-state index < -0.39 is 6.10 Å². The monoisotopic (exact) mass is 304 g/mol. The van der Waals surface area contributed by atoms with Crippen LogP contribution in [0.25, 0.3) is 0 Å². The Morgan fingerprint density at radius 2 is 2.43 bits per heavy atom. The van der Waals surface area contributed by atoms with Gasteiger partial charge in [0.2, 0.25) is 5.91 Å². The highest BCUT2D eigenvalue weighted by molar-refractivity contribution is 14.1. The number of hydrogen-bond acceptors (Lipinski definition) is 3. The zero-order chi connectivity index (χ0) is 10.1. The van der Waals surface area contributed by atoms with Crippen molar-refractivity contribution >= 4 is 34.2 Å². The van der Waals surface area contributed by atoms with Crippen LogP contribution in [0.3, 0.4) is 0 Å². The molecule has 1 atom stereocenters. The minimum atomic E-state index is -0.543. The van der Waals surface area contributed by atoms with Crippen LogP contribution in [0.15, 0.2) is 18.3 Å². The number of hydrogen-bond donors (Lipinski definition) is 1. The number of aliphatic hydroxyl groups is 1. The molecule has 74 valence electrons. The van der Waals surface area contributed by atoms with Gasteiger partial charge < -0.3 is 10.0 Å². The molecule has 0 aliphatic carbocycles. The van der Waals surface area contributed by atoms with Gasteiger partial charge in [-0.2, -0.15) is 0 Å². The summed E-state index contributed by atoms with van der Waals surface area (Å²) in [5.41, 5.74) is 0.787. The number of β-amino-alcohol motifs (C(OH)–C–C–N with tert-alkyl or cyclic N) is 1. The average Bonchev–Trinajstić information content (AvgIpc) is 2.46. The summed E-state index contributed by atoms with van der Waals surface area (Å²) in [5.74, 6) is -0.0385. The summed E-state index contributed by atoms with van der Waals surface area (Å²) >= 11 is 2.08. The van der Waals surface area contributed by atoms with E-state index in [0.29, 0.717) is 6.54 Å². The Morgan fingerprint density at radius 3 is 3.00 bits per heavy atom. The summed E-state index contributed by atoms with van der Waals surface area (Å²) in [5, 5.41) is 9.34. The van der Waals surface area contributed by atoms with Crippen molar-refractivity contribution in [3.63, 3.8) is 0 Å². The molecule has 1 N–H and O–H groups in total. The van der Waals surface area contributed by atoms with Gasteiger partial charge in [0, 0.05) is 6.20 Å². The van der Waals surface area contributed by atoms with E-state index in [0.717, 1.165) is 9.39 Å². The maximum absolute atomic E-state index is 11.5. The molecule has 2 rings (SSSR count). The summed E-state index contributed by atoms with van der Waals surface area (Å²) < 4.78 is 0.785. The van der Waals surface area contributed by atoms with Crippen LogP contribution in [0.1, 0.15) is 6.42 Å². The second-order valence-corrected chi connectivity index (χ2v) is 4.20. The van der Waals surface area contributed by atoms with Crippen molar-refractivity contribution in [2.75, 3.05) is 11.4 Å². The third-order valence-electron chi connectivity index (χ3n) is 2.13. The molecule has 2 heterocycles. The molecule has 1 unspecified atom stereocenters. The van der Waals surface area contributed by atoms with Crippen LogP contribution in [-0.4, -0.2) is 28.6 Å². The van der Waals surface area contributed by atoms with Gasteiger partial charge in [-0.25, -0.2) is 4.98 Å². The molecule has 1 aliphatic rings. The molecule has 1 aromatic rings. The van der Waals surface area contributed by atoms with Crippen molar-refractivity contribution in [3.05, 3.63) is 22.0 Å². The average molecular weight is 304 g/mol. The van der Waals surface area contributed by atoms with E-state index in [1.165, 1.54) is 0 Å². The van der Waals surface area contributed by atoms with E-state index in [2.05, 4.69) is 27.6 Å². The topological polar surface area (TPSA) is 53.4 Å². The SMILES string of the molecule is O=C1CC(O)CN1c1cccnc1I.